The van der Waals surface area contributed by atoms with E-state index in [4.69, 9.17) is 0 Å². The Labute approximate surface area is 181 Å². The van der Waals surface area contributed by atoms with Gasteiger partial charge in [0.2, 0.25) is 0 Å². The normalized spacial score (nSPS) is 10.5. The average Bonchev–Trinajstić information content (AvgIpc) is 3.05. The second-order valence-corrected chi connectivity index (χ2v) is 7.25. The molecule has 0 aliphatic rings. The van der Waals surface area contributed by atoms with Crippen LogP contribution in [0.3, 0.4) is 0 Å². The van der Waals surface area contributed by atoms with E-state index in [-0.39, 0.29) is 12.5 Å². The molecule has 0 aliphatic heterocycles. The van der Waals surface area contributed by atoms with Gasteiger partial charge in [0.25, 0.3) is 11.8 Å². The van der Waals surface area contributed by atoms with E-state index in [1.165, 1.54) is 7.11 Å². The minimum absolute atomic E-state index is 0.225. The number of hydrogen-bond acceptors (Lipinski definition) is 4. The Morgan fingerprint density at radius 1 is 0.935 bits per heavy atom. The van der Waals surface area contributed by atoms with Gasteiger partial charge < -0.3 is 19.9 Å². The summed E-state index contributed by atoms with van der Waals surface area (Å²) in [6, 6.07) is 16.5. The number of nitrogens with one attached hydrogen (secondary N) is 2. The summed E-state index contributed by atoms with van der Waals surface area (Å²) in [5.74, 6) is -1.24. The van der Waals surface area contributed by atoms with E-state index < -0.39 is 11.9 Å². The van der Waals surface area contributed by atoms with Crippen LogP contribution in [0.4, 0.5) is 5.69 Å². The number of carbonyl (C=O) groups excluding carboxylic acids is 3. The molecular formula is C24H25N3O4. The summed E-state index contributed by atoms with van der Waals surface area (Å²) < 4.78 is 6.55. The van der Waals surface area contributed by atoms with Gasteiger partial charge in [0, 0.05) is 28.3 Å². The molecule has 0 bridgehead atoms. The Bertz CT molecular complexity index is 1150. The largest absolute Gasteiger partial charge is 0.468 e. The van der Waals surface area contributed by atoms with E-state index in [0.717, 1.165) is 22.6 Å². The second-order valence-electron chi connectivity index (χ2n) is 7.25. The summed E-state index contributed by atoms with van der Waals surface area (Å²) >= 11 is 0. The molecule has 0 saturated carbocycles. The molecule has 1 heterocycles. The highest BCUT2D eigenvalue weighted by atomic mass is 16.5. The molecule has 0 saturated heterocycles. The molecule has 2 N–H and O–H groups in total. The van der Waals surface area contributed by atoms with E-state index in [0.29, 0.717) is 16.8 Å². The molecule has 31 heavy (non-hydrogen) atoms. The first-order valence-electron chi connectivity index (χ1n) is 9.82. The van der Waals surface area contributed by atoms with Crippen LogP contribution in [0.2, 0.25) is 0 Å². The first-order valence-corrected chi connectivity index (χ1v) is 9.82. The lowest BCUT2D eigenvalue weighted by molar-refractivity contribution is -0.139. The van der Waals surface area contributed by atoms with Crippen LogP contribution < -0.4 is 10.6 Å². The maximum Gasteiger partial charge on any atom is 0.325 e. The number of carbonyl (C=O) groups is 3. The van der Waals surface area contributed by atoms with E-state index in [1.54, 1.807) is 24.3 Å². The third-order valence-electron chi connectivity index (χ3n) is 4.94. The van der Waals surface area contributed by atoms with Crippen molar-refractivity contribution >= 4 is 23.5 Å². The minimum Gasteiger partial charge on any atom is -0.468 e. The molecule has 7 heteroatoms. The van der Waals surface area contributed by atoms with Gasteiger partial charge in [-0.3, -0.25) is 14.4 Å². The van der Waals surface area contributed by atoms with Gasteiger partial charge in [-0.25, -0.2) is 0 Å². The fraction of sp³-hybridized carbons (Fsp3) is 0.208. The van der Waals surface area contributed by atoms with Gasteiger partial charge >= 0.3 is 5.97 Å². The minimum atomic E-state index is -0.540. The highest BCUT2D eigenvalue weighted by Gasteiger charge is 2.17. The van der Waals surface area contributed by atoms with Gasteiger partial charge in [0.15, 0.2) is 0 Å². The lowest BCUT2D eigenvalue weighted by Crippen LogP contribution is -2.30. The zero-order chi connectivity index (χ0) is 22.5. The van der Waals surface area contributed by atoms with E-state index in [2.05, 4.69) is 21.4 Å². The topological polar surface area (TPSA) is 89.4 Å². The van der Waals surface area contributed by atoms with Gasteiger partial charge in [-0.2, -0.15) is 0 Å². The summed E-state index contributed by atoms with van der Waals surface area (Å²) in [5.41, 5.74) is 5.27. The number of nitrogens with zero attached hydrogens (tertiary/aromatic N) is 1. The number of hydrogen-bond donors (Lipinski definition) is 2. The number of aryl methyl sites for hydroxylation is 2. The molecule has 0 radical (unpaired) electrons. The third-order valence-corrected chi connectivity index (χ3v) is 4.94. The smallest absolute Gasteiger partial charge is 0.325 e. The Balaban J connectivity index is 1.79. The zero-order valence-corrected chi connectivity index (χ0v) is 18.0. The number of amides is 2. The maximum absolute atomic E-state index is 12.9. The molecule has 2 aromatic carbocycles. The SMILES string of the molecule is COC(=O)CNC(=O)c1cccc(NC(=O)c2cc(C)n(-c3cccc(C)c3)c2C)c1. The lowest BCUT2D eigenvalue weighted by atomic mass is 10.1. The van der Waals surface area contributed by atoms with Gasteiger partial charge in [0.05, 0.1) is 12.7 Å². The van der Waals surface area contributed by atoms with Crippen molar-refractivity contribution in [3.05, 3.63) is 82.7 Å². The molecule has 0 unspecified atom stereocenters. The second kappa shape index (κ2) is 9.30. The van der Waals surface area contributed by atoms with Crippen molar-refractivity contribution < 1.29 is 19.1 Å². The van der Waals surface area contributed by atoms with Crippen molar-refractivity contribution in [3.8, 4) is 5.69 Å². The van der Waals surface area contributed by atoms with Gasteiger partial charge in [0.1, 0.15) is 6.54 Å². The molecule has 0 atom stereocenters. The predicted octanol–water partition coefficient (Wildman–Crippen LogP) is 3.56. The summed E-state index contributed by atoms with van der Waals surface area (Å²) in [5, 5.41) is 5.32. The van der Waals surface area contributed by atoms with Crippen LogP contribution in [0.25, 0.3) is 5.69 Å². The molecule has 0 spiro atoms. The maximum atomic E-state index is 12.9. The molecule has 0 fully saturated rings. The fourth-order valence-corrected chi connectivity index (χ4v) is 3.42. The van der Waals surface area contributed by atoms with Crippen molar-refractivity contribution in [2.45, 2.75) is 20.8 Å². The first kappa shape index (κ1) is 21.8. The lowest BCUT2D eigenvalue weighted by Gasteiger charge is -2.11. The van der Waals surface area contributed by atoms with Crippen LogP contribution in [0.5, 0.6) is 0 Å². The van der Waals surface area contributed by atoms with Gasteiger partial charge in [-0.15, -0.1) is 0 Å². The molecule has 2 amide bonds. The summed E-state index contributed by atoms with van der Waals surface area (Å²) in [6.07, 6.45) is 0. The number of anilines is 1. The average molecular weight is 419 g/mol. The van der Waals surface area contributed by atoms with Crippen molar-refractivity contribution in [1.82, 2.24) is 9.88 Å². The van der Waals surface area contributed by atoms with Gasteiger partial charge in [-0.05, 0) is 62.7 Å². The van der Waals surface area contributed by atoms with E-state index in [9.17, 15) is 14.4 Å². The Hall–Kier alpha value is -3.87. The standard InChI is InChI=1S/C24H25N3O4/c1-15-7-5-10-20(11-15)27-16(2)12-21(17(27)3)24(30)26-19-9-6-8-18(13-19)23(29)25-14-22(28)31-4/h5-13H,14H2,1-4H3,(H,25,29)(H,26,30). The molecule has 3 aromatic rings. The molecule has 3 rings (SSSR count). The number of methoxy groups -OCH3 is 1. The summed E-state index contributed by atoms with van der Waals surface area (Å²) in [7, 11) is 1.25. The van der Waals surface area contributed by atoms with E-state index in [1.807, 2.05) is 49.6 Å². The van der Waals surface area contributed by atoms with E-state index >= 15 is 0 Å². The zero-order valence-electron chi connectivity index (χ0n) is 18.0. The number of benzene rings is 2. The van der Waals surface area contributed by atoms with Crippen LogP contribution in [0.1, 0.15) is 37.7 Å². The van der Waals surface area contributed by atoms with Crippen LogP contribution in [-0.4, -0.2) is 36.0 Å². The fourth-order valence-electron chi connectivity index (χ4n) is 3.42. The Kier molecular flexibility index (Phi) is 6.55. The number of aromatic nitrogens is 1. The molecule has 160 valence electrons. The molecule has 7 nitrogen and oxygen atoms in total. The highest BCUT2D eigenvalue weighted by Crippen LogP contribution is 2.23. The van der Waals surface area contributed by atoms with Gasteiger partial charge in [-0.1, -0.05) is 18.2 Å². The van der Waals surface area contributed by atoms with Crippen LogP contribution in [-0.2, 0) is 9.53 Å². The van der Waals surface area contributed by atoms with Crippen molar-refractivity contribution in [2.24, 2.45) is 0 Å². The highest BCUT2D eigenvalue weighted by molar-refractivity contribution is 6.06. The van der Waals surface area contributed by atoms with Crippen molar-refractivity contribution in [2.75, 3.05) is 19.0 Å². The number of esters is 1. The third kappa shape index (κ3) is 5.01. The monoisotopic (exact) mass is 419 g/mol. The molecule has 0 aliphatic carbocycles. The van der Waals surface area contributed by atoms with Crippen molar-refractivity contribution in [3.63, 3.8) is 0 Å². The number of ether oxygens (including phenoxy) is 1. The van der Waals surface area contributed by atoms with Crippen molar-refractivity contribution in [1.29, 1.82) is 0 Å². The summed E-state index contributed by atoms with van der Waals surface area (Å²) in [6.45, 7) is 5.66. The number of rotatable bonds is 6. The predicted molar refractivity (Wildman–Crippen MR) is 119 cm³/mol. The van der Waals surface area contributed by atoms with Crippen LogP contribution >= 0.6 is 0 Å². The Morgan fingerprint density at radius 2 is 1.68 bits per heavy atom. The summed E-state index contributed by atoms with van der Waals surface area (Å²) in [4.78, 5) is 36.4. The molecule has 1 aromatic heterocycles. The van der Waals surface area contributed by atoms with Crippen LogP contribution in [0.15, 0.2) is 54.6 Å². The van der Waals surface area contributed by atoms with Crippen LogP contribution in [0, 0.1) is 20.8 Å². The molecular weight excluding hydrogens is 394 g/mol. The first-order chi connectivity index (χ1) is 14.8. The Morgan fingerprint density at radius 3 is 2.39 bits per heavy atom. The quantitative estimate of drug-likeness (QED) is 0.598.